The summed E-state index contributed by atoms with van der Waals surface area (Å²) in [4.78, 5) is 60.5. The summed E-state index contributed by atoms with van der Waals surface area (Å²) in [6, 6.07) is 88.8. The molecular formula is C98H105BBr6N4O7. The van der Waals surface area contributed by atoms with Crippen molar-refractivity contribution in [3.05, 3.63) is 383 Å². The zero-order valence-electron chi connectivity index (χ0n) is 69.0. The van der Waals surface area contributed by atoms with Crippen LogP contribution in [0.2, 0.25) is 0 Å². The molecule has 0 amide bonds. The van der Waals surface area contributed by atoms with Crippen molar-refractivity contribution >= 4 is 141 Å². The van der Waals surface area contributed by atoms with Crippen LogP contribution in [0.1, 0.15) is 117 Å². The van der Waals surface area contributed by atoms with E-state index in [9.17, 15) is 19.2 Å². The summed E-state index contributed by atoms with van der Waals surface area (Å²) in [7, 11) is 7.50. The van der Waals surface area contributed by atoms with Crippen LogP contribution in [0.5, 0.6) is 0 Å². The molecule has 5 N–H and O–H groups in total. The minimum Gasteiger partial charge on any atom is -0.400 e. The van der Waals surface area contributed by atoms with E-state index in [1.165, 1.54) is 74.6 Å². The molecule has 4 aliphatic carbocycles. The minimum atomic E-state index is 0.000975. The Balaban J connectivity index is 0.000000237. The summed E-state index contributed by atoms with van der Waals surface area (Å²) in [5.74, 6) is 0. The molecule has 11 nitrogen and oxygen atoms in total. The van der Waals surface area contributed by atoms with Gasteiger partial charge in [0.1, 0.15) is 0 Å². The Morgan fingerprint density at radius 3 is 0.578 bits per heavy atom. The maximum atomic E-state index is 12.1. The minimum absolute atomic E-state index is 0.000975. The van der Waals surface area contributed by atoms with E-state index in [2.05, 4.69) is 212 Å². The van der Waals surface area contributed by atoms with Crippen LogP contribution < -0.4 is 22.2 Å². The number of benzene rings is 11. The van der Waals surface area contributed by atoms with Crippen LogP contribution in [-0.4, -0.2) is 63.8 Å². The molecule has 0 unspecified atom stereocenters. The van der Waals surface area contributed by atoms with Gasteiger partial charge in [0.25, 0.3) is 22.2 Å². The lowest BCUT2D eigenvalue weighted by molar-refractivity contribution is 0.277. The van der Waals surface area contributed by atoms with Crippen LogP contribution in [0.25, 0.3) is 88.1 Å². The highest BCUT2D eigenvalue weighted by Crippen LogP contribution is 2.41. The highest BCUT2D eigenvalue weighted by Gasteiger charge is 2.26. The van der Waals surface area contributed by atoms with E-state index in [-0.39, 0.29) is 25.4 Å². The number of methoxy groups -OCH3 is 2. The number of halogens is 6. The predicted molar refractivity (Wildman–Crippen MR) is 520 cm³/mol. The molecule has 18 heteroatoms. The van der Waals surface area contributed by atoms with Crippen LogP contribution in [-0.2, 0) is 35.2 Å². The summed E-state index contributed by atoms with van der Waals surface area (Å²) < 4.78 is 12.3. The number of hydrogen-bond donors (Lipinski definition) is 5. The number of hydrogen-bond acceptors (Lipinski definition) is 7. The van der Waals surface area contributed by atoms with Gasteiger partial charge in [-0.15, -0.1) is 47.3 Å². The number of rotatable bonds is 0. The number of nitrogens with one attached hydrogen (secondary N) is 4. The number of pyridine rings is 4. The van der Waals surface area contributed by atoms with E-state index in [1.807, 2.05) is 256 Å². The third-order valence-corrected chi connectivity index (χ3v) is 20.7. The van der Waals surface area contributed by atoms with Crippen molar-refractivity contribution in [2.75, 3.05) is 35.5 Å². The Labute approximate surface area is 734 Å². The molecule has 0 spiro atoms. The highest BCUT2D eigenvalue weighted by molar-refractivity contribution is 9.69. The number of aromatic amines is 4. The monoisotopic (exact) mass is 1930 g/mol. The normalized spacial score (nSPS) is 10.4. The fourth-order valence-electron chi connectivity index (χ4n) is 13.1. The lowest BCUT2D eigenvalue weighted by Crippen LogP contribution is -2.08. The van der Waals surface area contributed by atoms with E-state index in [1.54, 1.807) is 28.4 Å². The molecule has 0 aliphatic heterocycles. The van der Waals surface area contributed by atoms with Gasteiger partial charge in [0.15, 0.2) is 0 Å². The summed E-state index contributed by atoms with van der Waals surface area (Å²) in [5.41, 5.74) is 22.6. The molecule has 0 bridgehead atoms. The van der Waals surface area contributed by atoms with Crippen molar-refractivity contribution in [1.82, 2.24) is 19.9 Å². The second-order valence-electron chi connectivity index (χ2n) is 25.1. The zero-order valence-corrected chi connectivity index (χ0v) is 78.5. The number of H-pyrrole nitrogens is 4. The summed E-state index contributed by atoms with van der Waals surface area (Å²) >= 11 is 19.5. The summed E-state index contributed by atoms with van der Waals surface area (Å²) in [6.45, 7) is 22.2. The molecule has 15 aromatic rings. The average Bonchev–Trinajstić information content (AvgIpc) is 1.62. The maximum Gasteiger partial charge on any atom is 0.369 e. The Bertz CT molecular complexity index is 5100. The number of aryl methyl sites for hydroxylation is 3. The van der Waals surface area contributed by atoms with E-state index in [0.717, 1.165) is 121 Å². The fraction of sp³-hybridized carbons (Fsp3) is 0.204. The van der Waals surface area contributed by atoms with Gasteiger partial charge in [0.05, 0.1) is 22.8 Å². The third kappa shape index (κ3) is 26.3. The fourth-order valence-corrected chi connectivity index (χ4v) is 13.9. The van der Waals surface area contributed by atoms with E-state index in [4.69, 9.17) is 5.11 Å². The molecule has 0 radical (unpaired) electrons. The molecule has 4 heterocycles. The van der Waals surface area contributed by atoms with Crippen molar-refractivity contribution in [2.24, 2.45) is 0 Å². The first kappa shape index (κ1) is 97.7. The largest absolute Gasteiger partial charge is 0.400 e. The number of aliphatic hydroxyl groups excluding tert-OH is 1. The third-order valence-electron chi connectivity index (χ3n) is 18.0. The van der Waals surface area contributed by atoms with E-state index < -0.39 is 0 Å². The Kier molecular flexibility index (Phi) is 43.8. The van der Waals surface area contributed by atoms with Crippen LogP contribution in [0.4, 0.5) is 0 Å². The van der Waals surface area contributed by atoms with Gasteiger partial charge < -0.3 is 34.5 Å². The first-order valence-electron chi connectivity index (χ1n) is 38.5. The SMILES string of the molecule is BrB(Br)Br.CC.CC.CC.CC.CO.COC.COC.Cc1ccccc1Br.Cc1ccccc1Br.Cc1ccccc1Br.O=c1[nH]c2c(c3ccccc13)Cc1ccccc1-2.O=c1[nH]c2c(c3ccccc13)Cc1ccccc1-2.O=c1[nH]c2c(c3ccccc13)Cc1ccccc1-2.O=c1[nH]c2c(c3ccccc13)Cc1ccccc1-2. The van der Waals surface area contributed by atoms with Crippen molar-refractivity contribution in [1.29, 1.82) is 0 Å². The lowest BCUT2D eigenvalue weighted by atomic mass is 10.0. The van der Waals surface area contributed by atoms with Crippen molar-refractivity contribution in [2.45, 2.75) is 102 Å². The van der Waals surface area contributed by atoms with Gasteiger partial charge in [0.2, 0.25) is 0 Å². The second-order valence-corrected chi connectivity index (χ2v) is 34.1. The quantitative estimate of drug-likeness (QED) is 0.0941. The van der Waals surface area contributed by atoms with E-state index >= 15 is 0 Å². The molecule has 0 saturated heterocycles. The summed E-state index contributed by atoms with van der Waals surface area (Å²) in [6.07, 6.45) is 3.62. The highest BCUT2D eigenvalue weighted by atomic mass is 79.9. The molecule has 0 saturated carbocycles. The molecule has 0 fully saturated rings. The Morgan fingerprint density at radius 2 is 0.414 bits per heavy atom. The van der Waals surface area contributed by atoms with Gasteiger partial charge in [-0.2, -0.15) is 0 Å². The molecule has 116 heavy (non-hydrogen) atoms. The molecular weight excluding hydrogens is 1840 g/mol. The predicted octanol–water partition coefficient (Wildman–Crippen LogP) is 27.1. The van der Waals surface area contributed by atoms with Crippen molar-refractivity contribution < 1.29 is 14.6 Å². The second kappa shape index (κ2) is 52.0. The molecule has 4 aromatic heterocycles. The lowest BCUT2D eigenvalue weighted by Gasteiger charge is -2.04. The van der Waals surface area contributed by atoms with Crippen molar-refractivity contribution in [3.8, 4) is 45.0 Å². The molecule has 604 valence electrons. The standard InChI is InChI=1S/4C16H11NO.3C7H7Br.2C2H6O.4C2H6.CH4O.BBr3/c4*18-16-13-8-4-3-7-12(13)14-9-10-5-1-2-6-11(10)15(14)17-16;3*1-6-4-2-3-5-7(6)8;2*1-3-2;5*1-2;2-1(3)4/h4*1-8H,9H2,(H,17,18);3*2-5H,1H3;2*1-2H3;4*1-2H3;2H,1H3;. The molecule has 4 aliphatic rings. The summed E-state index contributed by atoms with van der Waals surface area (Å²) in [5, 5.41) is 14.4. The smallest absolute Gasteiger partial charge is 0.369 e. The van der Waals surface area contributed by atoms with E-state index in [0.29, 0.717) is 0 Å². The van der Waals surface area contributed by atoms with Crippen LogP contribution >= 0.6 is 95.1 Å². The van der Waals surface area contributed by atoms with Crippen LogP contribution in [0, 0.1) is 20.8 Å². The Hall–Kier alpha value is -8.92. The van der Waals surface area contributed by atoms with Gasteiger partial charge in [-0.1, -0.05) is 328 Å². The average molecular weight is 1940 g/mol. The van der Waals surface area contributed by atoms with Gasteiger partial charge in [-0.3, -0.25) is 19.2 Å². The molecule has 19 rings (SSSR count). The van der Waals surface area contributed by atoms with Gasteiger partial charge in [0, 0.05) is 118 Å². The Morgan fingerprint density at radius 1 is 0.267 bits per heavy atom. The van der Waals surface area contributed by atoms with Crippen molar-refractivity contribution in [3.63, 3.8) is 0 Å². The zero-order chi connectivity index (χ0) is 85.4. The first-order valence-corrected chi connectivity index (χ1v) is 43.7. The number of aromatic nitrogens is 4. The molecule has 0 atom stereocenters. The van der Waals surface area contributed by atoms with Crippen LogP contribution in [0.15, 0.2) is 300 Å². The maximum absolute atomic E-state index is 12.1. The van der Waals surface area contributed by atoms with Gasteiger partial charge in [-0.25, -0.2) is 0 Å². The number of aliphatic hydroxyl groups is 1. The number of fused-ring (bicyclic) bond motifs is 20. The van der Waals surface area contributed by atoms with Crippen LogP contribution in [0.3, 0.4) is 0 Å². The van der Waals surface area contributed by atoms with Gasteiger partial charge >= 0.3 is 3.18 Å². The first-order chi connectivity index (χ1) is 56.3. The molecule has 11 aromatic carbocycles. The number of ether oxygens (including phenoxy) is 2. The topological polar surface area (TPSA) is 170 Å². The van der Waals surface area contributed by atoms with Gasteiger partial charge in [-0.05, 0) is 146 Å².